The highest BCUT2D eigenvalue weighted by Gasteiger charge is 2.12. The number of nitrogens with zero attached hydrogens (tertiary/aromatic N) is 3. The summed E-state index contributed by atoms with van der Waals surface area (Å²) in [5.41, 5.74) is 2.30. The molecule has 17 heavy (non-hydrogen) atoms. The number of hydrogen-bond acceptors (Lipinski definition) is 3. The Bertz CT molecular complexity index is 449. The van der Waals surface area contributed by atoms with Crippen molar-refractivity contribution < 1.29 is 0 Å². The van der Waals surface area contributed by atoms with E-state index in [1.807, 2.05) is 36.3 Å². The van der Waals surface area contributed by atoms with Crippen molar-refractivity contribution in [2.24, 2.45) is 0 Å². The van der Waals surface area contributed by atoms with Crippen molar-refractivity contribution in [1.82, 2.24) is 20.1 Å². The zero-order chi connectivity index (χ0) is 12.1. The highest BCUT2D eigenvalue weighted by Crippen LogP contribution is 2.16. The maximum absolute atomic E-state index is 4.35. The van der Waals surface area contributed by atoms with Gasteiger partial charge in [0.25, 0.3) is 0 Å². The molecule has 0 aromatic carbocycles. The van der Waals surface area contributed by atoms with E-state index >= 15 is 0 Å². The molecule has 4 heteroatoms. The quantitative estimate of drug-likeness (QED) is 0.851. The summed E-state index contributed by atoms with van der Waals surface area (Å²) in [6, 6.07) is 6.27. The van der Waals surface area contributed by atoms with E-state index in [0.717, 1.165) is 18.7 Å². The van der Waals surface area contributed by atoms with Crippen LogP contribution >= 0.6 is 0 Å². The summed E-state index contributed by atoms with van der Waals surface area (Å²) in [5.74, 6) is 0. The largest absolute Gasteiger partial charge is 0.313 e. The van der Waals surface area contributed by atoms with Crippen molar-refractivity contribution in [2.45, 2.75) is 25.9 Å². The fraction of sp³-hybridized carbons (Fsp3) is 0.385. The molecule has 0 radical (unpaired) electrons. The van der Waals surface area contributed by atoms with Crippen molar-refractivity contribution in [3.8, 4) is 0 Å². The van der Waals surface area contributed by atoms with Crippen molar-refractivity contribution in [2.75, 3.05) is 7.05 Å². The third kappa shape index (κ3) is 2.91. The van der Waals surface area contributed by atoms with Crippen LogP contribution in [0.1, 0.15) is 24.2 Å². The molecule has 0 spiro atoms. The SMILES string of the molecule is CCn1cc(C(Cc2ccccn2)NC)cn1. The van der Waals surface area contributed by atoms with Crippen molar-refractivity contribution in [3.63, 3.8) is 0 Å². The number of aryl methyl sites for hydroxylation is 1. The molecule has 1 N–H and O–H groups in total. The fourth-order valence-corrected chi connectivity index (χ4v) is 1.85. The van der Waals surface area contributed by atoms with Crippen LogP contribution in [0.5, 0.6) is 0 Å². The smallest absolute Gasteiger partial charge is 0.0537 e. The average molecular weight is 230 g/mol. The monoisotopic (exact) mass is 230 g/mol. The minimum atomic E-state index is 0.269. The summed E-state index contributed by atoms with van der Waals surface area (Å²) in [6.07, 6.45) is 6.72. The Morgan fingerprint density at radius 3 is 2.88 bits per heavy atom. The van der Waals surface area contributed by atoms with Gasteiger partial charge in [-0.15, -0.1) is 0 Å². The van der Waals surface area contributed by atoms with Gasteiger partial charge < -0.3 is 5.32 Å². The molecular formula is C13H18N4. The van der Waals surface area contributed by atoms with E-state index in [1.54, 1.807) is 0 Å². The first kappa shape index (κ1) is 11.8. The van der Waals surface area contributed by atoms with Crippen LogP contribution in [-0.4, -0.2) is 21.8 Å². The topological polar surface area (TPSA) is 42.7 Å². The van der Waals surface area contributed by atoms with Crippen LogP contribution in [0, 0.1) is 0 Å². The average Bonchev–Trinajstić information content (AvgIpc) is 2.86. The first-order valence-electron chi connectivity index (χ1n) is 5.93. The summed E-state index contributed by atoms with van der Waals surface area (Å²) < 4.78 is 1.94. The lowest BCUT2D eigenvalue weighted by Gasteiger charge is -2.13. The molecule has 0 amide bonds. The summed E-state index contributed by atoms with van der Waals surface area (Å²) in [5, 5.41) is 7.61. The first-order valence-corrected chi connectivity index (χ1v) is 5.93. The molecule has 2 heterocycles. The highest BCUT2D eigenvalue weighted by molar-refractivity contribution is 5.15. The van der Waals surface area contributed by atoms with Gasteiger partial charge in [0.1, 0.15) is 0 Å². The minimum absolute atomic E-state index is 0.269. The van der Waals surface area contributed by atoms with E-state index in [1.165, 1.54) is 5.56 Å². The van der Waals surface area contributed by atoms with Crippen LogP contribution in [0.3, 0.4) is 0 Å². The number of rotatable bonds is 5. The van der Waals surface area contributed by atoms with Crippen molar-refractivity contribution >= 4 is 0 Å². The summed E-state index contributed by atoms with van der Waals surface area (Å²) in [6.45, 7) is 2.99. The van der Waals surface area contributed by atoms with E-state index < -0.39 is 0 Å². The van der Waals surface area contributed by atoms with Gasteiger partial charge in [0, 0.05) is 42.7 Å². The molecule has 4 nitrogen and oxygen atoms in total. The van der Waals surface area contributed by atoms with Gasteiger partial charge in [-0.1, -0.05) is 6.07 Å². The molecule has 1 unspecified atom stereocenters. The Morgan fingerprint density at radius 2 is 2.29 bits per heavy atom. The Balaban J connectivity index is 2.11. The normalized spacial score (nSPS) is 12.6. The third-order valence-corrected chi connectivity index (χ3v) is 2.87. The minimum Gasteiger partial charge on any atom is -0.313 e. The van der Waals surface area contributed by atoms with E-state index in [-0.39, 0.29) is 6.04 Å². The predicted molar refractivity (Wildman–Crippen MR) is 67.6 cm³/mol. The molecule has 0 aliphatic heterocycles. The Kier molecular flexibility index (Phi) is 3.88. The zero-order valence-corrected chi connectivity index (χ0v) is 10.3. The van der Waals surface area contributed by atoms with Crippen molar-refractivity contribution in [1.29, 1.82) is 0 Å². The van der Waals surface area contributed by atoms with E-state index in [2.05, 4.69) is 34.6 Å². The van der Waals surface area contributed by atoms with Gasteiger partial charge in [0.05, 0.1) is 6.20 Å². The fourth-order valence-electron chi connectivity index (χ4n) is 1.85. The van der Waals surface area contributed by atoms with Crippen LogP contribution in [0.25, 0.3) is 0 Å². The Labute approximate surface area is 102 Å². The second-order valence-corrected chi connectivity index (χ2v) is 4.00. The molecule has 0 bridgehead atoms. The van der Waals surface area contributed by atoms with Gasteiger partial charge in [-0.2, -0.15) is 5.10 Å². The molecule has 2 aromatic rings. The zero-order valence-electron chi connectivity index (χ0n) is 10.3. The number of pyridine rings is 1. The van der Waals surface area contributed by atoms with Gasteiger partial charge in [-0.3, -0.25) is 9.67 Å². The third-order valence-electron chi connectivity index (χ3n) is 2.87. The molecule has 0 fully saturated rings. The molecule has 90 valence electrons. The maximum atomic E-state index is 4.35. The van der Waals surface area contributed by atoms with Crippen LogP contribution in [0.2, 0.25) is 0 Å². The number of nitrogens with one attached hydrogen (secondary N) is 1. The van der Waals surface area contributed by atoms with Gasteiger partial charge >= 0.3 is 0 Å². The standard InChI is InChI=1S/C13H18N4/c1-3-17-10-11(9-16-17)13(14-2)8-12-6-4-5-7-15-12/h4-7,9-10,13-14H,3,8H2,1-2H3. The molecule has 1 atom stereocenters. The Hall–Kier alpha value is -1.68. The maximum Gasteiger partial charge on any atom is 0.0537 e. The highest BCUT2D eigenvalue weighted by atomic mass is 15.3. The first-order chi connectivity index (χ1) is 8.33. The van der Waals surface area contributed by atoms with E-state index in [9.17, 15) is 0 Å². The van der Waals surface area contributed by atoms with E-state index in [4.69, 9.17) is 0 Å². The molecule has 0 aliphatic rings. The lowest BCUT2D eigenvalue weighted by atomic mass is 10.1. The second-order valence-electron chi connectivity index (χ2n) is 4.00. The number of hydrogen-bond donors (Lipinski definition) is 1. The summed E-state index contributed by atoms with van der Waals surface area (Å²) >= 11 is 0. The summed E-state index contributed by atoms with van der Waals surface area (Å²) in [4.78, 5) is 4.35. The van der Waals surface area contributed by atoms with Crippen molar-refractivity contribution in [3.05, 3.63) is 48.0 Å². The number of likely N-dealkylation sites (N-methyl/N-ethyl adjacent to an activating group) is 1. The predicted octanol–water partition coefficient (Wildman–Crippen LogP) is 1.80. The molecule has 0 aliphatic carbocycles. The van der Waals surface area contributed by atoms with Gasteiger partial charge in [-0.05, 0) is 26.1 Å². The number of aromatic nitrogens is 3. The molecule has 0 saturated carbocycles. The van der Waals surface area contributed by atoms with Crippen LogP contribution in [0.4, 0.5) is 0 Å². The second kappa shape index (κ2) is 5.59. The van der Waals surface area contributed by atoms with Crippen LogP contribution in [-0.2, 0) is 13.0 Å². The van der Waals surface area contributed by atoms with E-state index in [0.29, 0.717) is 0 Å². The molecular weight excluding hydrogens is 212 g/mol. The molecule has 2 aromatic heterocycles. The molecule has 2 rings (SSSR count). The van der Waals surface area contributed by atoms with Gasteiger partial charge in [0.2, 0.25) is 0 Å². The van der Waals surface area contributed by atoms with Crippen LogP contribution in [0.15, 0.2) is 36.8 Å². The summed E-state index contributed by atoms with van der Waals surface area (Å²) in [7, 11) is 1.97. The molecule has 0 saturated heterocycles. The van der Waals surface area contributed by atoms with Gasteiger partial charge in [-0.25, -0.2) is 0 Å². The van der Waals surface area contributed by atoms with Gasteiger partial charge in [0.15, 0.2) is 0 Å². The lowest BCUT2D eigenvalue weighted by molar-refractivity contribution is 0.582. The lowest BCUT2D eigenvalue weighted by Crippen LogP contribution is -2.18. The van der Waals surface area contributed by atoms with Crippen LogP contribution < -0.4 is 5.32 Å². The Morgan fingerprint density at radius 1 is 1.41 bits per heavy atom.